The largest absolute Gasteiger partial charge is 0.257 e. The van der Waals surface area contributed by atoms with E-state index in [0.717, 1.165) is 0 Å². The van der Waals surface area contributed by atoms with Gasteiger partial charge in [-0.1, -0.05) is 0 Å². The van der Waals surface area contributed by atoms with Crippen molar-refractivity contribution in [3.05, 3.63) is 0 Å². The summed E-state index contributed by atoms with van der Waals surface area (Å²) in [5, 5.41) is 2.97. The second kappa shape index (κ2) is 5.00. The van der Waals surface area contributed by atoms with Crippen LogP contribution < -0.4 is 5.09 Å². The number of nitrogens with zero attached hydrogens (tertiary/aromatic N) is 3. The third-order valence-corrected chi connectivity index (χ3v) is 13.7. The Labute approximate surface area is 113 Å². The molecule has 0 radical (unpaired) electrons. The Morgan fingerprint density at radius 1 is 0.867 bits per heavy atom. The first-order chi connectivity index (χ1) is 6.54. The van der Waals surface area contributed by atoms with Gasteiger partial charge in [0.15, 0.2) is 0 Å². The lowest BCUT2D eigenvalue weighted by atomic mass is 10.4. The van der Waals surface area contributed by atoms with E-state index in [-0.39, 0.29) is 6.04 Å². The van der Waals surface area contributed by atoms with Crippen LogP contribution in [0.5, 0.6) is 0 Å². The molecule has 0 saturated heterocycles. The summed E-state index contributed by atoms with van der Waals surface area (Å²) in [5.74, 6) is -5.79. The number of nitrogens with one attached hydrogen (secondary N) is 1. The standard InChI is InChI=1S/C3H8Cl5N4P3/c1-3(2)9-15(8)11-13(4,5)10-14(6,7)12-15/h3,9H,1-2H3. The van der Waals surface area contributed by atoms with E-state index < -0.39 is 18.5 Å². The van der Waals surface area contributed by atoms with Gasteiger partial charge in [-0.15, -0.1) is 0 Å². The molecule has 0 aromatic rings. The van der Waals surface area contributed by atoms with Gasteiger partial charge in [0.1, 0.15) is 0 Å². The zero-order valence-corrected chi connectivity index (χ0v) is 14.1. The summed E-state index contributed by atoms with van der Waals surface area (Å²) in [5.41, 5.74) is 0. The van der Waals surface area contributed by atoms with Crippen molar-refractivity contribution in [2.24, 2.45) is 13.5 Å². The van der Waals surface area contributed by atoms with Gasteiger partial charge in [0.2, 0.25) is 6.71 Å². The Morgan fingerprint density at radius 3 is 1.73 bits per heavy atom. The van der Waals surface area contributed by atoms with Crippen LogP contribution in [0.4, 0.5) is 0 Å². The fourth-order valence-corrected chi connectivity index (χ4v) is 18.5. The van der Waals surface area contributed by atoms with Gasteiger partial charge in [-0.3, -0.25) is 5.09 Å². The van der Waals surface area contributed by atoms with Crippen molar-refractivity contribution < 1.29 is 0 Å². The predicted octanol–water partition coefficient (Wildman–Crippen LogP) is 7.03. The zero-order valence-electron chi connectivity index (χ0n) is 7.65. The van der Waals surface area contributed by atoms with E-state index in [1.54, 1.807) is 0 Å². The molecule has 0 spiro atoms. The van der Waals surface area contributed by atoms with E-state index in [0.29, 0.717) is 0 Å². The first-order valence-corrected chi connectivity index (χ1v) is 13.3. The average molecular weight is 370 g/mol. The quantitative estimate of drug-likeness (QED) is 0.521. The molecule has 0 aliphatic carbocycles. The van der Waals surface area contributed by atoms with Crippen LogP contribution >= 0.6 is 74.7 Å². The molecular formula is C3H8Cl5N4P3. The molecule has 12 heteroatoms. The van der Waals surface area contributed by atoms with Gasteiger partial charge in [-0.25, -0.2) is 0 Å². The van der Waals surface area contributed by atoms with E-state index in [2.05, 4.69) is 18.6 Å². The highest BCUT2D eigenvalue weighted by molar-refractivity contribution is 8.22. The third kappa shape index (κ3) is 5.08. The zero-order chi connectivity index (χ0) is 11.9. The molecular weight excluding hydrogens is 362 g/mol. The summed E-state index contributed by atoms with van der Waals surface area (Å²) in [7, 11) is 0. The van der Waals surface area contributed by atoms with Gasteiger partial charge in [0.25, 0.3) is 11.8 Å². The summed E-state index contributed by atoms with van der Waals surface area (Å²) >= 11 is 29.6. The predicted molar refractivity (Wildman–Crippen MR) is 75.6 cm³/mol. The molecule has 0 bridgehead atoms. The fourth-order valence-electron chi connectivity index (χ4n) is 0.849. The maximum absolute atomic E-state index is 6.16. The van der Waals surface area contributed by atoms with Crippen molar-refractivity contribution in [3.63, 3.8) is 0 Å². The molecule has 0 aromatic carbocycles. The van der Waals surface area contributed by atoms with E-state index in [9.17, 15) is 0 Å². The molecule has 1 atom stereocenters. The van der Waals surface area contributed by atoms with Crippen molar-refractivity contribution >= 4 is 74.7 Å². The highest BCUT2D eigenvalue weighted by atomic mass is 35.9. The fraction of sp³-hybridized carbons (Fsp3) is 1.00. The normalized spacial score (nSPS) is 32.8. The molecule has 1 rings (SSSR count). The highest BCUT2D eigenvalue weighted by Crippen LogP contribution is 2.85. The Morgan fingerprint density at radius 2 is 1.33 bits per heavy atom. The third-order valence-electron chi connectivity index (χ3n) is 1.09. The van der Waals surface area contributed by atoms with Gasteiger partial charge < -0.3 is 0 Å². The molecule has 15 heavy (non-hydrogen) atoms. The van der Waals surface area contributed by atoms with Crippen LogP contribution in [-0.4, -0.2) is 6.04 Å². The molecule has 1 unspecified atom stereocenters. The van der Waals surface area contributed by atoms with E-state index >= 15 is 0 Å². The lowest BCUT2D eigenvalue weighted by Gasteiger charge is -2.23. The van der Waals surface area contributed by atoms with Crippen LogP contribution in [0.25, 0.3) is 0 Å². The minimum absolute atomic E-state index is 0.0723. The monoisotopic (exact) mass is 368 g/mol. The Kier molecular flexibility index (Phi) is 5.05. The van der Waals surface area contributed by atoms with Crippen LogP contribution in [0, 0.1) is 0 Å². The SMILES string of the molecule is CC(C)NP1(Cl)=NP(Cl)(Cl)=NP(Cl)(Cl)=N1. The van der Waals surface area contributed by atoms with Crippen molar-refractivity contribution in [1.82, 2.24) is 5.09 Å². The van der Waals surface area contributed by atoms with E-state index in [1.807, 2.05) is 13.8 Å². The van der Waals surface area contributed by atoms with Gasteiger partial charge in [-0.2, -0.15) is 13.5 Å². The lowest BCUT2D eigenvalue weighted by Crippen LogP contribution is -2.16. The number of halogens is 5. The van der Waals surface area contributed by atoms with Crippen molar-refractivity contribution in [3.8, 4) is 0 Å². The Hall–Kier alpha value is 2.10. The Bertz CT molecular complexity index is 410. The molecule has 1 aliphatic heterocycles. The summed E-state index contributed by atoms with van der Waals surface area (Å²) in [6, 6.07) is 0.0723. The van der Waals surface area contributed by atoms with E-state index in [1.165, 1.54) is 0 Å². The number of hydrogen-bond acceptors (Lipinski definition) is 4. The molecule has 90 valence electrons. The lowest BCUT2D eigenvalue weighted by molar-refractivity contribution is 0.761. The van der Waals surface area contributed by atoms with Crippen molar-refractivity contribution in [1.29, 1.82) is 0 Å². The van der Waals surface area contributed by atoms with Crippen LogP contribution in [-0.2, 0) is 0 Å². The average Bonchev–Trinajstić information content (AvgIpc) is 1.70. The molecule has 0 amide bonds. The maximum atomic E-state index is 6.16. The summed E-state index contributed by atoms with van der Waals surface area (Å²) < 4.78 is 11.8. The smallest absolute Gasteiger partial charge is 0.251 e. The first kappa shape index (κ1) is 15.2. The van der Waals surface area contributed by atoms with Gasteiger partial charge in [-0.05, 0) is 70.1 Å². The van der Waals surface area contributed by atoms with Crippen LogP contribution in [0.15, 0.2) is 13.5 Å². The molecule has 0 aromatic heterocycles. The Balaban J connectivity index is 3.30. The van der Waals surface area contributed by atoms with E-state index in [4.69, 9.17) is 56.2 Å². The second-order valence-corrected chi connectivity index (χ2v) is 16.4. The minimum atomic E-state index is -2.89. The molecule has 1 heterocycles. The molecule has 4 nitrogen and oxygen atoms in total. The van der Waals surface area contributed by atoms with Crippen LogP contribution in [0.1, 0.15) is 13.8 Å². The van der Waals surface area contributed by atoms with Crippen molar-refractivity contribution in [2.45, 2.75) is 19.9 Å². The number of rotatable bonds is 2. The molecule has 1 aliphatic rings. The van der Waals surface area contributed by atoms with Crippen LogP contribution in [0.2, 0.25) is 0 Å². The minimum Gasteiger partial charge on any atom is -0.251 e. The second-order valence-electron chi connectivity index (χ2n) is 2.99. The van der Waals surface area contributed by atoms with Gasteiger partial charge >= 0.3 is 0 Å². The van der Waals surface area contributed by atoms with Gasteiger partial charge in [0, 0.05) is 6.04 Å². The highest BCUT2D eigenvalue weighted by Gasteiger charge is 2.32. The van der Waals surface area contributed by atoms with Crippen LogP contribution in [0.3, 0.4) is 0 Å². The summed E-state index contributed by atoms with van der Waals surface area (Å²) in [4.78, 5) is 0. The first-order valence-electron chi connectivity index (χ1n) is 3.71. The summed E-state index contributed by atoms with van der Waals surface area (Å²) in [6.07, 6.45) is 0. The maximum Gasteiger partial charge on any atom is 0.257 e. The molecule has 0 saturated carbocycles. The number of hydrogen-bond donors (Lipinski definition) is 1. The molecule has 1 N–H and O–H groups in total. The van der Waals surface area contributed by atoms with Crippen molar-refractivity contribution in [2.75, 3.05) is 0 Å². The summed E-state index contributed by atoms with van der Waals surface area (Å²) in [6.45, 7) is 1.08. The topological polar surface area (TPSA) is 49.1 Å². The molecule has 0 fully saturated rings. The van der Waals surface area contributed by atoms with Gasteiger partial charge in [0.05, 0.1) is 0 Å².